The zero-order valence-corrected chi connectivity index (χ0v) is 16.3. The highest BCUT2D eigenvalue weighted by molar-refractivity contribution is 5.54. The van der Waals surface area contributed by atoms with E-state index in [2.05, 4.69) is 32.3 Å². The molecule has 1 unspecified atom stereocenters. The van der Waals surface area contributed by atoms with Crippen molar-refractivity contribution >= 4 is 11.6 Å². The molecule has 0 amide bonds. The van der Waals surface area contributed by atoms with Gasteiger partial charge in [0.15, 0.2) is 0 Å². The Morgan fingerprint density at radius 3 is 2.56 bits per heavy atom. The molecular weight excluding hydrogens is 339 g/mol. The predicted molar refractivity (Wildman–Crippen MR) is 107 cm³/mol. The number of anilines is 2. The lowest BCUT2D eigenvalue weighted by Gasteiger charge is -2.42. The van der Waals surface area contributed by atoms with Gasteiger partial charge in [0.05, 0.1) is 0 Å². The number of nitrogens with one attached hydrogen (secondary N) is 1. The molecule has 3 heterocycles. The minimum absolute atomic E-state index is 0.591. The van der Waals surface area contributed by atoms with Gasteiger partial charge in [-0.05, 0) is 93.9 Å². The summed E-state index contributed by atoms with van der Waals surface area (Å²) in [4.78, 5) is 11.6. The Balaban J connectivity index is 1.46. The summed E-state index contributed by atoms with van der Waals surface area (Å²) in [7, 11) is 0. The van der Waals surface area contributed by atoms with E-state index in [-0.39, 0.29) is 0 Å². The minimum atomic E-state index is -1.00. The van der Waals surface area contributed by atoms with E-state index in [0.29, 0.717) is 17.3 Å². The summed E-state index contributed by atoms with van der Waals surface area (Å²) in [6.07, 6.45) is 7.24. The average Bonchev–Trinajstić information content (AvgIpc) is 2.60. The fraction of sp³-hybridized carbons (Fsp3) is 0.545. The third-order valence-electron chi connectivity index (χ3n) is 6.07. The smallest absolute Gasteiger partial charge is 0.132 e. The molecule has 1 N–H and O–H groups in total. The van der Waals surface area contributed by atoms with E-state index in [0.717, 1.165) is 17.6 Å². The van der Waals surface area contributed by atoms with Crippen molar-refractivity contribution in [3.8, 4) is 0 Å². The first-order chi connectivity index (χ1) is 13.1. The number of nitrogens with zero attached hydrogens (tertiary/aromatic N) is 3. The average molecular weight is 368 g/mol. The lowest BCUT2D eigenvalue weighted by molar-refractivity contribution is 0.0975. The van der Waals surface area contributed by atoms with Gasteiger partial charge in [-0.1, -0.05) is 6.42 Å². The molecule has 2 fully saturated rings. The number of alkyl halides is 1. The fourth-order valence-electron chi connectivity index (χ4n) is 4.24. The van der Waals surface area contributed by atoms with Gasteiger partial charge in [0.25, 0.3) is 0 Å². The van der Waals surface area contributed by atoms with Crippen LogP contribution in [-0.4, -0.2) is 34.0 Å². The van der Waals surface area contributed by atoms with E-state index < -0.39 is 6.17 Å². The third kappa shape index (κ3) is 4.29. The van der Waals surface area contributed by atoms with Crippen LogP contribution in [-0.2, 0) is 0 Å². The molecule has 5 heteroatoms. The molecule has 144 valence electrons. The molecule has 1 saturated heterocycles. The first-order valence-corrected chi connectivity index (χ1v) is 10.2. The first-order valence-electron chi connectivity index (χ1n) is 10.2. The number of aryl methyl sites for hydroxylation is 1. The van der Waals surface area contributed by atoms with E-state index in [1.54, 1.807) is 18.3 Å². The molecule has 27 heavy (non-hydrogen) atoms. The van der Waals surface area contributed by atoms with Crippen molar-refractivity contribution in [2.45, 2.75) is 64.1 Å². The number of aromatic nitrogens is 2. The van der Waals surface area contributed by atoms with Crippen molar-refractivity contribution in [3.63, 3.8) is 0 Å². The van der Waals surface area contributed by atoms with E-state index in [4.69, 9.17) is 0 Å². The lowest BCUT2D eigenvalue weighted by atomic mass is 9.85. The van der Waals surface area contributed by atoms with E-state index in [1.165, 1.54) is 57.7 Å². The Morgan fingerprint density at radius 2 is 1.89 bits per heavy atom. The summed E-state index contributed by atoms with van der Waals surface area (Å²) in [5.74, 6) is 2.03. The summed E-state index contributed by atoms with van der Waals surface area (Å²) in [6, 6.07) is 8.66. The quantitative estimate of drug-likeness (QED) is 0.778. The summed E-state index contributed by atoms with van der Waals surface area (Å²) in [5, 5.41) is 3.27. The second kappa shape index (κ2) is 7.93. The Bertz CT molecular complexity index is 780. The van der Waals surface area contributed by atoms with E-state index in [1.807, 2.05) is 6.92 Å². The second-order valence-corrected chi connectivity index (χ2v) is 8.04. The Morgan fingerprint density at radius 1 is 1.11 bits per heavy atom. The van der Waals surface area contributed by atoms with Crippen LogP contribution < -0.4 is 5.32 Å². The van der Waals surface area contributed by atoms with Crippen molar-refractivity contribution in [1.82, 2.24) is 14.9 Å². The van der Waals surface area contributed by atoms with Gasteiger partial charge < -0.3 is 10.2 Å². The number of halogens is 1. The third-order valence-corrected chi connectivity index (χ3v) is 6.07. The molecule has 2 aromatic heterocycles. The highest BCUT2D eigenvalue weighted by atomic mass is 19.1. The topological polar surface area (TPSA) is 41.0 Å². The molecular formula is C22H29FN4. The van der Waals surface area contributed by atoms with Gasteiger partial charge in [-0.2, -0.15) is 0 Å². The van der Waals surface area contributed by atoms with Crippen molar-refractivity contribution < 1.29 is 4.39 Å². The van der Waals surface area contributed by atoms with Crippen LogP contribution in [0.4, 0.5) is 16.0 Å². The van der Waals surface area contributed by atoms with Crippen LogP contribution in [0.15, 0.2) is 30.5 Å². The summed E-state index contributed by atoms with van der Waals surface area (Å²) in [5.41, 5.74) is 2.99. The molecule has 1 saturated carbocycles. The highest BCUT2D eigenvalue weighted by Crippen LogP contribution is 2.34. The minimum Gasteiger partial charge on any atom is -0.325 e. The monoisotopic (exact) mass is 368 g/mol. The molecule has 4 rings (SSSR count). The van der Waals surface area contributed by atoms with Crippen LogP contribution in [0.2, 0.25) is 0 Å². The molecule has 0 aromatic carbocycles. The molecule has 1 aliphatic carbocycles. The zero-order valence-electron chi connectivity index (χ0n) is 16.3. The normalized spacial score (nSPS) is 20.3. The van der Waals surface area contributed by atoms with E-state index >= 15 is 0 Å². The Labute approximate surface area is 161 Å². The van der Waals surface area contributed by atoms with Crippen LogP contribution in [0.3, 0.4) is 0 Å². The fourth-order valence-corrected chi connectivity index (χ4v) is 4.24. The molecule has 1 aliphatic heterocycles. The SMILES string of the molecule is Cc1cc(C2CCN(C3CCC3)CC2)cc(Nc2cc(C(C)F)ccn2)n1. The molecule has 2 aliphatic rings. The van der Waals surface area contributed by atoms with Gasteiger partial charge in [-0.25, -0.2) is 14.4 Å². The molecule has 0 radical (unpaired) electrons. The zero-order chi connectivity index (χ0) is 18.8. The lowest BCUT2D eigenvalue weighted by Crippen LogP contribution is -2.44. The van der Waals surface area contributed by atoms with Gasteiger partial charge in [0.1, 0.15) is 17.8 Å². The molecule has 2 aromatic rings. The van der Waals surface area contributed by atoms with Gasteiger partial charge in [0.2, 0.25) is 0 Å². The highest BCUT2D eigenvalue weighted by Gasteiger charge is 2.29. The number of pyridine rings is 2. The van der Waals surface area contributed by atoms with Crippen LogP contribution in [0.1, 0.15) is 67.9 Å². The largest absolute Gasteiger partial charge is 0.325 e. The standard InChI is InChI=1S/C22H29FN4/c1-15-12-19(17-7-10-27(11-8-17)20-4-3-5-20)14-22(25-15)26-21-13-18(16(2)23)6-9-24-21/h6,9,12-14,16-17,20H,3-5,7-8,10-11H2,1-2H3,(H,24,25,26). The summed E-state index contributed by atoms with van der Waals surface area (Å²) < 4.78 is 13.6. The molecule has 4 nitrogen and oxygen atoms in total. The first kappa shape index (κ1) is 18.4. The summed E-state index contributed by atoms with van der Waals surface area (Å²) in [6.45, 7) is 5.98. The van der Waals surface area contributed by atoms with Gasteiger partial charge in [-0.3, -0.25) is 0 Å². The van der Waals surface area contributed by atoms with E-state index in [9.17, 15) is 4.39 Å². The van der Waals surface area contributed by atoms with Crippen LogP contribution in [0, 0.1) is 6.92 Å². The second-order valence-electron chi connectivity index (χ2n) is 8.04. The maximum Gasteiger partial charge on any atom is 0.132 e. The number of rotatable bonds is 5. The maximum atomic E-state index is 13.6. The van der Waals surface area contributed by atoms with Crippen molar-refractivity contribution in [3.05, 3.63) is 47.3 Å². The van der Waals surface area contributed by atoms with Crippen molar-refractivity contribution in [2.24, 2.45) is 0 Å². The van der Waals surface area contributed by atoms with Crippen LogP contribution in [0.5, 0.6) is 0 Å². The number of piperidine rings is 1. The van der Waals surface area contributed by atoms with Gasteiger partial charge in [0, 0.05) is 17.9 Å². The Kier molecular flexibility index (Phi) is 5.39. The maximum absolute atomic E-state index is 13.6. The Hall–Kier alpha value is -2.01. The molecule has 1 atom stereocenters. The van der Waals surface area contributed by atoms with Gasteiger partial charge >= 0.3 is 0 Å². The van der Waals surface area contributed by atoms with Crippen molar-refractivity contribution in [1.29, 1.82) is 0 Å². The van der Waals surface area contributed by atoms with Gasteiger partial charge in [-0.15, -0.1) is 0 Å². The molecule has 0 bridgehead atoms. The van der Waals surface area contributed by atoms with Crippen LogP contribution in [0.25, 0.3) is 0 Å². The van der Waals surface area contributed by atoms with Crippen LogP contribution >= 0.6 is 0 Å². The van der Waals surface area contributed by atoms with Crippen molar-refractivity contribution in [2.75, 3.05) is 18.4 Å². The molecule has 0 spiro atoms. The number of hydrogen-bond donors (Lipinski definition) is 1. The predicted octanol–water partition coefficient (Wildman–Crippen LogP) is 5.29. The summed E-state index contributed by atoms with van der Waals surface area (Å²) >= 11 is 0. The number of likely N-dealkylation sites (tertiary alicyclic amines) is 1. The number of hydrogen-bond acceptors (Lipinski definition) is 4.